The van der Waals surface area contributed by atoms with Crippen molar-refractivity contribution in [1.82, 2.24) is 9.80 Å². The summed E-state index contributed by atoms with van der Waals surface area (Å²) >= 11 is 0. The smallest absolute Gasteiger partial charge is 0.326 e. The lowest BCUT2D eigenvalue weighted by atomic mass is 10.0. The topological polar surface area (TPSA) is 58.5 Å². The Morgan fingerprint density at radius 3 is 1.18 bits per heavy atom. The number of alkyl halides is 6. The first kappa shape index (κ1) is 26.5. The van der Waals surface area contributed by atoms with Crippen molar-refractivity contribution in [1.29, 1.82) is 0 Å². The number of hydrogen-bond acceptors (Lipinski definition) is 4. The Balaban J connectivity index is 0.000000191. The molecule has 4 rings (SSSR count). The fraction of sp³-hybridized carbons (Fsp3) is 0.500. The van der Waals surface area contributed by atoms with Gasteiger partial charge in [0.05, 0.1) is 11.8 Å². The van der Waals surface area contributed by atoms with Crippen molar-refractivity contribution in [2.75, 3.05) is 26.2 Å². The molecule has 2 aromatic carbocycles. The average Bonchev–Trinajstić information content (AvgIpc) is 3.32. The fourth-order valence-electron chi connectivity index (χ4n) is 4.46. The van der Waals surface area contributed by atoms with Crippen molar-refractivity contribution in [2.24, 2.45) is 23.3 Å². The van der Waals surface area contributed by atoms with Gasteiger partial charge in [0, 0.05) is 51.4 Å². The minimum Gasteiger partial charge on any atom is -0.326 e. The van der Waals surface area contributed by atoms with Gasteiger partial charge in [0.25, 0.3) is 0 Å². The van der Waals surface area contributed by atoms with E-state index in [0.717, 1.165) is 11.1 Å². The molecule has 2 aliphatic rings. The Kier molecular flexibility index (Phi) is 8.62. The number of nitrogens with two attached hydrogens (primary N) is 2. The van der Waals surface area contributed by atoms with Gasteiger partial charge in [0.1, 0.15) is 0 Å². The summed E-state index contributed by atoms with van der Waals surface area (Å²) < 4.78 is 75.7. The van der Waals surface area contributed by atoms with Crippen molar-refractivity contribution >= 4 is 0 Å². The van der Waals surface area contributed by atoms with Crippen molar-refractivity contribution in [3.05, 3.63) is 71.8 Å². The lowest BCUT2D eigenvalue weighted by molar-refractivity contribution is -0.174. The second-order valence-corrected chi connectivity index (χ2v) is 8.98. The van der Waals surface area contributed by atoms with Gasteiger partial charge < -0.3 is 11.5 Å². The molecule has 0 unspecified atom stereocenters. The maximum atomic E-state index is 12.6. The van der Waals surface area contributed by atoms with Crippen LogP contribution in [0, 0.1) is 11.8 Å². The first-order valence-corrected chi connectivity index (χ1v) is 11.1. The molecule has 2 fully saturated rings. The number of rotatable bonds is 4. The normalized spacial score (nSPS) is 26.4. The summed E-state index contributed by atoms with van der Waals surface area (Å²) in [5.74, 6) is -2.79. The molecular weight excluding hydrogens is 458 g/mol. The van der Waals surface area contributed by atoms with E-state index in [1.54, 1.807) is 9.80 Å². The predicted molar refractivity (Wildman–Crippen MR) is 118 cm³/mol. The van der Waals surface area contributed by atoms with Crippen LogP contribution in [-0.2, 0) is 13.1 Å². The molecule has 4 nitrogen and oxygen atoms in total. The zero-order chi connectivity index (χ0) is 24.9. The first-order chi connectivity index (χ1) is 15.9. The molecule has 34 heavy (non-hydrogen) atoms. The van der Waals surface area contributed by atoms with E-state index in [9.17, 15) is 26.3 Å². The minimum atomic E-state index is -4.19. The van der Waals surface area contributed by atoms with Crippen LogP contribution in [0.1, 0.15) is 11.1 Å². The summed E-state index contributed by atoms with van der Waals surface area (Å²) in [4.78, 5) is 3.52. The average molecular weight is 489 g/mol. The van der Waals surface area contributed by atoms with Crippen LogP contribution in [0.3, 0.4) is 0 Å². The Morgan fingerprint density at radius 1 is 0.588 bits per heavy atom. The Morgan fingerprint density at radius 2 is 0.912 bits per heavy atom. The SMILES string of the molecule is N[C@@H]1CN(Cc2ccccc2)C[C@H]1C(F)(F)F.N[C@H]1CN(Cc2ccccc2)C[C@@H]1C(F)(F)F. The molecule has 2 aliphatic heterocycles. The van der Waals surface area contributed by atoms with Crippen LogP contribution in [0.15, 0.2) is 60.7 Å². The number of halogens is 6. The monoisotopic (exact) mass is 488 g/mol. The number of benzene rings is 2. The highest BCUT2D eigenvalue weighted by molar-refractivity contribution is 5.16. The molecule has 10 heteroatoms. The quantitative estimate of drug-likeness (QED) is 0.639. The zero-order valence-electron chi connectivity index (χ0n) is 18.6. The molecule has 0 aromatic heterocycles. The van der Waals surface area contributed by atoms with Crippen molar-refractivity contribution in [3.8, 4) is 0 Å². The van der Waals surface area contributed by atoms with Crippen LogP contribution in [0.2, 0.25) is 0 Å². The van der Waals surface area contributed by atoms with E-state index in [4.69, 9.17) is 11.5 Å². The lowest BCUT2D eigenvalue weighted by Gasteiger charge is -2.18. The molecule has 2 heterocycles. The number of likely N-dealkylation sites (tertiary alicyclic amines) is 2. The second-order valence-electron chi connectivity index (χ2n) is 8.98. The van der Waals surface area contributed by atoms with Crippen LogP contribution in [0.25, 0.3) is 0 Å². The summed E-state index contributed by atoms with van der Waals surface area (Å²) in [6, 6.07) is 17.3. The molecule has 0 radical (unpaired) electrons. The Labute approximate surface area is 195 Å². The lowest BCUT2D eigenvalue weighted by Crippen LogP contribution is -2.38. The molecule has 0 amide bonds. The van der Waals surface area contributed by atoms with E-state index in [1.807, 2.05) is 60.7 Å². The van der Waals surface area contributed by atoms with Crippen LogP contribution in [0.5, 0.6) is 0 Å². The fourth-order valence-corrected chi connectivity index (χ4v) is 4.46. The van der Waals surface area contributed by atoms with Gasteiger partial charge in [0.15, 0.2) is 0 Å². The van der Waals surface area contributed by atoms with Gasteiger partial charge in [-0.1, -0.05) is 60.7 Å². The highest BCUT2D eigenvalue weighted by Crippen LogP contribution is 2.34. The molecule has 2 saturated heterocycles. The Hall–Kier alpha value is -2.14. The summed E-state index contributed by atoms with van der Waals surface area (Å²) in [7, 11) is 0. The summed E-state index contributed by atoms with van der Waals surface area (Å²) in [5, 5.41) is 0. The van der Waals surface area contributed by atoms with Gasteiger partial charge in [-0.3, -0.25) is 9.80 Å². The third kappa shape index (κ3) is 7.43. The summed E-state index contributed by atoms with van der Waals surface area (Å²) in [6.45, 7) is 1.67. The Bertz CT molecular complexity index is 801. The van der Waals surface area contributed by atoms with E-state index in [0.29, 0.717) is 26.2 Å². The van der Waals surface area contributed by atoms with E-state index in [2.05, 4.69) is 0 Å². The molecule has 0 aliphatic carbocycles. The van der Waals surface area contributed by atoms with E-state index in [1.165, 1.54) is 0 Å². The van der Waals surface area contributed by atoms with E-state index >= 15 is 0 Å². The van der Waals surface area contributed by atoms with Crippen LogP contribution >= 0.6 is 0 Å². The molecule has 4 N–H and O–H groups in total. The van der Waals surface area contributed by atoms with Gasteiger partial charge in [-0.05, 0) is 11.1 Å². The molecule has 2 aromatic rings. The van der Waals surface area contributed by atoms with Gasteiger partial charge >= 0.3 is 12.4 Å². The zero-order valence-corrected chi connectivity index (χ0v) is 18.6. The third-order valence-electron chi connectivity index (χ3n) is 6.22. The van der Waals surface area contributed by atoms with Crippen molar-refractivity contribution < 1.29 is 26.3 Å². The molecular formula is C24H30F6N4. The van der Waals surface area contributed by atoms with Crippen molar-refractivity contribution in [3.63, 3.8) is 0 Å². The molecule has 4 atom stereocenters. The summed E-state index contributed by atoms with van der Waals surface area (Å²) in [5.41, 5.74) is 13.1. The van der Waals surface area contributed by atoms with Gasteiger partial charge in [0.2, 0.25) is 0 Å². The predicted octanol–water partition coefficient (Wildman–Crippen LogP) is 4.02. The number of nitrogens with zero attached hydrogens (tertiary/aromatic N) is 2. The van der Waals surface area contributed by atoms with Crippen LogP contribution < -0.4 is 11.5 Å². The third-order valence-corrected chi connectivity index (χ3v) is 6.22. The largest absolute Gasteiger partial charge is 0.394 e. The standard InChI is InChI=1S/2C12H15F3N2/c2*13-12(14,15)10-7-17(8-11(10)16)6-9-4-2-1-3-5-9/h2*1-5,10-11H,6-8,16H2/t2*10-,11-/m10/s1. The first-order valence-electron chi connectivity index (χ1n) is 11.1. The highest BCUT2D eigenvalue weighted by Gasteiger charge is 2.49. The molecule has 0 saturated carbocycles. The molecule has 188 valence electrons. The van der Waals surface area contributed by atoms with Gasteiger partial charge in [-0.25, -0.2) is 0 Å². The van der Waals surface area contributed by atoms with E-state index < -0.39 is 36.3 Å². The number of hydrogen-bond donors (Lipinski definition) is 2. The summed E-state index contributed by atoms with van der Waals surface area (Å²) in [6.07, 6.45) is -8.38. The van der Waals surface area contributed by atoms with Crippen LogP contribution in [-0.4, -0.2) is 60.4 Å². The molecule has 0 bridgehead atoms. The minimum absolute atomic E-state index is 0.000436. The van der Waals surface area contributed by atoms with Crippen molar-refractivity contribution in [2.45, 2.75) is 37.5 Å². The van der Waals surface area contributed by atoms with Crippen LogP contribution in [0.4, 0.5) is 26.3 Å². The van der Waals surface area contributed by atoms with Gasteiger partial charge in [-0.2, -0.15) is 26.3 Å². The maximum absolute atomic E-state index is 12.6. The van der Waals surface area contributed by atoms with E-state index in [-0.39, 0.29) is 13.1 Å². The van der Waals surface area contributed by atoms with Gasteiger partial charge in [-0.15, -0.1) is 0 Å². The molecule has 0 spiro atoms. The highest BCUT2D eigenvalue weighted by atomic mass is 19.4. The maximum Gasteiger partial charge on any atom is 0.394 e. The second kappa shape index (κ2) is 11.1.